The van der Waals surface area contributed by atoms with Gasteiger partial charge in [-0.15, -0.1) is 0 Å². The Morgan fingerprint density at radius 1 is 1.20 bits per heavy atom. The van der Waals surface area contributed by atoms with Gasteiger partial charge >= 0.3 is 0 Å². The summed E-state index contributed by atoms with van der Waals surface area (Å²) in [4.78, 5) is 6.47. The van der Waals surface area contributed by atoms with Gasteiger partial charge in [-0.1, -0.05) is 30.3 Å². The predicted molar refractivity (Wildman–Crippen MR) is 78.3 cm³/mol. The SMILES string of the molecule is OC(CN1CCC(n2ccnc2)CC1)c1ccccc1. The molecule has 4 nitrogen and oxygen atoms in total. The molecule has 3 rings (SSSR count). The first-order valence-corrected chi connectivity index (χ1v) is 7.26. The van der Waals surface area contributed by atoms with Crippen LogP contribution in [0.3, 0.4) is 0 Å². The number of rotatable bonds is 4. The van der Waals surface area contributed by atoms with E-state index in [4.69, 9.17) is 0 Å². The quantitative estimate of drug-likeness (QED) is 0.927. The first-order valence-electron chi connectivity index (χ1n) is 7.26. The van der Waals surface area contributed by atoms with E-state index >= 15 is 0 Å². The van der Waals surface area contributed by atoms with Gasteiger partial charge in [-0.25, -0.2) is 4.98 Å². The third-order valence-electron chi connectivity index (χ3n) is 4.12. The molecule has 0 amide bonds. The topological polar surface area (TPSA) is 41.3 Å². The monoisotopic (exact) mass is 271 g/mol. The van der Waals surface area contributed by atoms with Crippen LogP contribution >= 0.6 is 0 Å². The number of hydrogen-bond donors (Lipinski definition) is 1. The van der Waals surface area contributed by atoms with Crippen LogP contribution in [-0.2, 0) is 0 Å². The molecule has 106 valence electrons. The molecule has 1 N–H and O–H groups in total. The molecule has 2 aromatic rings. The van der Waals surface area contributed by atoms with Gasteiger partial charge in [-0.2, -0.15) is 0 Å². The molecule has 1 atom stereocenters. The lowest BCUT2D eigenvalue weighted by atomic mass is 10.0. The van der Waals surface area contributed by atoms with Crippen LogP contribution in [0, 0.1) is 0 Å². The van der Waals surface area contributed by atoms with Crippen LogP contribution in [0.4, 0.5) is 0 Å². The summed E-state index contributed by atoms with van der Waals surface area (Å²) in [6.07, 6.45) is 7.64. The summed E-state index contributed by atoms with van der Waals surface area (Å²) >= 11 is 0. The van der Waals surface area contributed by atoms with E-state index in [1.54, 1.807) is 0 Å². The van der Waals surface area contributed by atoms with Crippen molar-refractivity contribution in [2.75, 3.05) is 19.6 Å². The highest BCUT2D eigenvalue weighted by atomic mass is 16.3. The number of aromatic nitrogens is 2. The second-order valence-electron chi connectivity index (χ2n) is 5.47. The van der Waals surface area contributed by atoms with Crippen molar-refractivity contribution < 1.29 is 5.11 Å². The molecule has 1 unspecified atom stereocenters. The van der Waals surface area contributed by atoms with E-state index < -0.39 is 0 Å². The summed E-state index contributed by atoms with van der Waals surface area (Å²) in [5.74, 6) is 0. The van der Waals surface area contributed by atoms with Crippen LogP contribution in [0.1, 0.15) is 30.6 Å². The number of benzene rings is 1. The highest BCUT2D eigenvalue weighted by Crippen LogP contribution is 2.23. The van der Waals surface area contributed by atoms with Gasteiger partial charge in [0.15, 0.2) is 0 Å². The van der Waals surface area contributed by atoms with E-state index in [0.29, 0.717) is 6.04 Å². The number of hydrogen-bond acceptors (Lipinski definition) is 3. The molecule has 1 aliphatic heterocycles. The Hall–Kier alpha value is -1.65. The van der Waals surface area contributed by atoms with E-state index in [1.165, 1.54) is 0 Å². The average molecular weight is 271 g/mol. The molecule has 2 heterocycles. The molecule has 0 bridgehead atoms. The Bertz CT molecular complexity index is 504. The van der Waals surface area contributed by atoms with Crippen LogP contribution in [-0.4, -0.2) is 39.2 Å². The second-order valence-corrected chi connectivity index (χ2v) is 5.47. The fraction of sp³-hybridized carbons (Fsp3) is 0.438. The van der Waals surface area contributed by atoms with Crippen molar-refractivity contribution in [3.05, 3.63) is 54.6 Å². The number of aliphatic hydroxyl groups is 1. The van der Waals surface area contributed by atoms with Crippen molar-refractivity contribution in [2.45, 2.75) is 25.0 Å². The minimum atomic E-state index is -0.388. The number of likely N-dealkylation sites (tertiary alicyclic amines) is 1. The first-order chi connectivity index (χ1) is 9.83. The van der Waals surface area contributed by atoms with Crippen LogP contribution in [0.5, 0.6) is 0 Å². The lowest BCUT2D eigenvalue weighted by Gasteiger charge is -2.33. The normalized spacial score (nSPS) is 19.1. The summed E-state index contributed by atoms with van der Waals surface area (Å²) in [7, 11) is 0. The molecule has 1 saturated heterocycles. The Balaban J connectivity index is 1.51. The molecule has 20 heavy (non-hydrogen) atoms. The maximum absolute atomic E-state index is 10.3. The molecule has 0 aliphatic carbocycles. The fourth-order valence-corrected chi connectivity index (χ4v) is 2.91. The number of nitrogens with zero attached hydrogens (tertiary/aromatic N) is 3. The fourth-order valence-electron chi connectivity index (χ4n) is 2.91. The average Bonchev–Trinajstić information content (AvgIpc) is 3.03. The highest BCUT2D eigenvalue weighted by molar-refractivity contribution is 5.17. The minimum absolute atomic E-state index is 0.388. The van der Waals surface area contributed by atoms with Gasteiger partial charge in [0.1, 0.15) is 0 Å². The second kappa shape index (κ2) is 6.20. The molecule has 1 aromatic heterocycles. The largest absolute Gasteiger partial charge is 0.387 e. The van der Waals surface area contributed by atoms with Gasteiger partial charge in [0.25, 0.3) is 0 Å². The number of imidazole rings is 1. The standard InChI is InChI=1S/C16H21N3O/c20-16(14-4-2-1-3-5-14)12-18-9-6-15(7-10-18)19-11-8-17-13-19/h1-5,8,11,13,15-16,20H,6-7,9-10,12H2. The van der Waals surface area contributed by atoms with Crippen LogP contribution in [0.15, 0.2) is 49.1 Å². The van der Waals surface area contributed by atoms with Crippen LogP contribution < -0.4 is 0 Å². The Labute approximate surface area is 119 Å². The molecule has 1 aliphatic rings. The maximum atomic E-state index is 10.3. The van der Waals surface area contributed by atoms with Crippen LogP contribution in [0.2, 0.25) is 0 Å². The zero-order chi connectivity index (χ0) is 13.8. The molecule has 1 fully saturated rings. The Morgan fingerprint density at radius 3 is 2.60 bits per heavy atom. The zero-order valence-electron chi connectivity index (χ0n) is 11.6. The summed E-state index contributed by atoms with van der Waals surface area (Å²) in [6, 6.07) is 10.5. The van der Waals surface area contributed by atoms with Gasteiger partial charge in [-0.05, 0) is 18.4 Å². The third kappa shape index (κ3) is 3.08. The summed E-state index contributed by atoms with van der Waals surface area (Å²) in [5.41, 5.74) is 1.00. The predicted octanol–water partition coefficient (Wildman–Crippen LogP) is 2.25. The van der Waals surface area contributed by atoms with Crippen molar-refractivity contribution in [1.29, 1.82) is 0 Å². The molecular weight excluding hydrogens is 250 g/mol. The van der Waals surface area contributed by atoms with Crippen molar-refractivity contribution in [3.63, 3.8) is 0 Å². The molecule has 0 radical (unpaired) electrons. The van der Waals surface area contributed by atoms with E-state index in [-0.39, 0.29) is 6.10 Å². The van der Waals surface area contributed by atoms with Gasteiger partial charge in [0, 0.05) is 38.1 Å². The number of piperidine rings is 1. The summed E-state index contributed by atoms with van der Waals surface area (Å²) in [5, 5.41) is 10.3. The van der Waals surface area contributed by atoms with Crippen molar-refractivity contribution in [2.24, 2.45) is 0 Å². The molecule has 0 saturated carbocycles. The van der Waals surface area contributed by atoms with Gasteiger partial charge in [0.2, 0.25) is 0 Å². The van der Waals surface area contributed by atoms with Gasteiger partial charge < -0.3 is 14.6 Å². The smallest absolute Gasteiger partial charge is 0.0948 e. The van der Waals surface area contributed by atoms with E-state index in [0.717, 1.165) is 38.0 Å². The van der Waals surface area contributed by atoms with Crippen LogP contribution in [0.25, 0.3) is 0 Å². The lowest BCUT2D eigenvalue weighted by Crippen LogP contribution is -2.37. The highest BCUT2D eigenvalue weighted by Gasteiger charge is 2.22. The summed E-state index contributed by atoms with van der Waals surface area (Å²) in [6.45, 7) is 2.79. The molecule has 0 spiro atoms. The van der Waals surface area contributed by atoms with Gasteiger partial charge in [0.05, 0.1) is 12.4 Å². The van der Waals surface area contributed by atoms with Crippen molar-refractivity contribution in [1.82, 2.24) is 14.5 Å². The minimum Gasteiger partial charge on any atom is -0.387 e. The van der Waals surface area contributed by atoms with E-state index in [1.807, 2.05) is 49.1 Å². The van der Waals surface area contributed by atoms with Crippen molar-refractivity contribution >= 4 is 0 Å². The van der Waals surface area contributed by atoms with Gasteiger partial charge in [-0.3, -0.25) is 0 Å². The Morgan fingerprint density at radius 2 is 1.95 bits per heavy atom. The molecule has 4 heteroatoms. The number of aliphatic hydroxyl groups excluding tert-OH is 1. The maximum Gasteiger partial charge on any atom is 0.0948 e. The zero-order valence-corrected chi connectivity index (χ0v) is 11.6. The Kier molecular flexibility index (Phi) is 4.14. The van der Waals surface area contributed by atoms with E-state index in [9.17, 15) is 5.11 Å². The first kappa shape index (κ1) is 13.3. The van der Waals surface area contributed by atoms with E-state index in [2.05, 4.69) is 14.5 Å². The third-order valence-corrected chi connectivity index (χ3v) is 4.12. The lowest BCUT2D eigenvalue weighted by molar-refractivity contribution is 0.0906. The molecule has 1 aromatic carbocycles. The number of β-amino-alcohol motifs (C(OH)–C–C–N with tert-alkyl or cyclic N) is 1. The molecular formula is C16H21N3O. The van der Waals surface area contributed by atoms with Crippen molar-refractivity contribution in [3.8, 4) is 0 Å². The summed E-state index contributed by atoms with van der Waals surface area (Å²) < 4.78 is 2.20.